The Bertz CT molecular complexity index is 195. The fraction of sp³-hybridized carbons (Fsp3) is 0.889. The Morgan fingerprint density at radius 1 is 1.60 bits per heavy atom. The van der Waals surface area contributed by atoms with E-state index in [4.69, 9.17) is 10.5 Å². The summed E-state index contributed by atoms with van der Waals surface area (Å²) < 4.78 is 5.12. The molecule has 1 atom stereocenters. The fourth-order valence-corrected chi connectivity index (χ4v) is 1.90. The maximum absolute atomic E-state index is 11.4. The highest BCUT2D eigenvalue weighted by atomic mass is 32.2. The smallest absolute Gasteiger partial charge is 0.408 e. The van der Waals surface area contributed by atoms with Crippen LogP contribution in [0.1, 0.15) is 20.8 Å². The largest absolute Gasteiger partial charge is 0.444 e. The van der Waals surface area contributed by atoms with Crippen molar-refractivity contribution in [3.8, 4) is 0 Å². The minimum absolute atomic E-state index is 0.0493. The number of ether oxygens (including phenoxy) is 1. The molecule has 0 aliphatic carbocycles. The van der Waals surface area contributed by atoms with E-state index in [1.165, 1.54) is 0 Å². The Kier molecular flexibility index (Phi) is 7.21. The highest BCUT2D eigenvalue weighted by Crippen LogP contribution is 2.11. The molecule has 0 fully saturated rings. The molecule has 1 amide bonds. The third-order valence-electron chi connectivity index (χ3n) is 1.28. The summed E-state index contributed by atoms with van der Waals surface area (Å²) in [4.78, 5) is 11.4. The van der Waals surface area contributed by atoms with Gasteiger partial charge < -0.3 is 15.8 Å². The summed E-state index contributed by atoms with van der Waals surface area (Å²) in [7, 11) is 0. The maximum atomic E-state index is 11.4. The van der Waals surface area contributed by atoms with E-state index in [1.54, 1.807) is 11.8 Å². The van der Waals surface area contributed by atoms with Gasteiger partial charge in [0.15, 0.2) is 0 Å². The standard InChI is InChI=1S/C9H20N2O2S2/c1-9(2,3)13-8(12)11-7(6-14)15-5-4-10/h7,14H,4-6,10H2,1-3H3,(H,11,12). The summed E-state index contributed by atoms with van der Waals surface area (Å²) >= 11 is 5.71. The van der Waals surface area contributed by atoms with Gasteiger partial charge in [0.1, 0.15) is 5.60 Å². The van der Waals surface area contributed by atoms with Crippen LogP contribution in [0.3, 0.4) is 0 Å². The Morgan fingerprint density at radius 3 is 2.60 bits per heavy atom. The van der Waals surface area contributed by atoms with Crippen molar-refractivity contribution >= 4 is 30.5 Å². The predicted molar refractivity (Wildman–Crippen MR) is 68.5 cm³/mol. The molecule has 0 saturated carbocycles. The van der Waals surface area contributed by atoms with Gasteiger partial charge in [-0.15, -0.1) is 11.8 Å². The monoisotopic (exact) mass is 252 g/mol. The number of carbonyl (C=O) groups excluding carboxylic acids is 1. The van der Waals surface area contributed by atoms with E-state index in [0.29, 0.717) is 12.3 Å². The van der Waals surface area contributed by atoms with Gasteiger partial charge in [-0.3, -0.25) is 0 Å². The summed E-state index contributed by atoms with van der Waals surface area (Å²) in [6.07, 6.45) is -0.411. The molecular formula is C9H20N2O2S2. The van der Waals surface area contributed by atoms with Gasteiger partial charge in [0, 0.05) is 18.1 Å². The fourth-order valence-electron chi connectivity index (χ4n) is 0.789. The van der Waals surface area contributed by atoms with Gasteiger partial charge in [0.2, 0.25) is 0 Å². The van der Waals surface area contributed by atoms with Crippen LogP contribution in [0.25, 0.3) is 0 Å². The molecule has 0 saturated heterocycles. The van der Waals surface area contributed by atoms with Crippen molar-refractivity contribution in [2.24, 2.45) is 5.73 Å². The van der Waals surface area contributed by atoms with Crippen LogP contribution in [-0.2, 0) is 4.74 Å². The van der Waals surface area contributed by atoms with E-state index in [9.17, 15) is 4.79 Å². The number of hydrogen-bond acceptors (Lipinski definition) is 5. The summed E-state index contributed by atoms with van der Waals surface area (Å²) in [5.74, 6) is 1.35. The normalized spacial score (nSPS) is 13.4. The summed E-state index contributed by atoms with van der Waals surface area (Å²) in [5, 5.41) is 2.68. The van der Waals surface area contributed by atoms with Crippen LogP contribution in [0.5, 0.6) is 0 Å². The van der Waals surface area contributed by atoms with Crippen LogP contribution in [-0.4, -0.2) is 35.1 Å². The second-order valence-electron chi connectivity index (χ2n) is 3.98. The van der Waals surface area contributed by atoms with E-state index in [2.05, 4.69) is 17.9 Å². The zero-order chi connectivity index (χ0) is 11.9. The van der Waals surface area contributed by atoms with Crippen molar-refractivity contribution in [3.63, 3.8) is 0 Å². The first-order chi connectivity index (χ1) is 6.89. The van der Waals surface area contributed by atoms with E-state index < -0.39 is 11.7 Å². The van der Waals surface area contributed by atoms with Gasteiger partial charge in [-0.1, -0.05) is 0 Å². The van der Waals surface area contributed by atoms with Crippen molar-refractivity contribution in [2.75, 3.05) is 18.1 Å². The Balaban J connectivity index is 3.91. The molecule has 0 radical (unpaired) electrons. The zero-order valence-corrected chi connectivity index (χ0v) is 11.2. The number of nitrogens with two attached hydrogens (primary N) is 1. The first-order valence-electron chi connectivity index (χ1n) is 4.81. The summed E-state index contributed by atoms with van der Waals surface area (Å²) in [6.45, 7) is 6.07. The average molecular weight is 252 g/mol. The molecule has 0 aromatic heterocycles. The molecule has 6 heteroatoms. The number of alkyl carbamates (subject to hydrolysis) is 1. The van der Waals surface area contributed by atoms with Crippen LogP contribution in [0, 0.1) is 0 Å². The van der Waals surface area contributed by atoms with Crippen LogP contribution in [0.2, 0.25) is 0 Å². The number of amides is 1. The minimum Gasteiger partial charge on any atom is -0.444 e. The Morgan fingerprint density at radius 2 is 2.20 bits per heavy atom. The van der Waals surface area contributed by atoms with Crippen LogP contribution in [0.4, 0.5) is 4.79 Å². The number of thiol groups is 1. The molecule has 0 spiro atoms. The topological polar surface area (TPSA) is 64.3 Å². The predicted octanol–water partition coefficient (Wildman–Crippen LogP) is 1.46. The lowest BCUT2D eigenvalue weighted by molar-refractivity contribution is 0.0525. The van der Waals surface area contributed by atoms with E-state index in [0.717, 1.165) is 5.75 Å². The van der Waals surface area contributed by atoms with Gasteiger partial charge in [-0.25, -0.2) is 4.79 Å². The lowest BCUT2D eigenvalue weighted by Crippen LogP contribution is -2.38. The van der Waals surface area contributed by atoms with E-state index in [1.807, 2.05) is 20.8 Å². The molecule has 0 heterocycles. The third kappa shape index (κ3) is 8.89. The van der Waals surface area contributed by atoms with Crippen molar-refractivity contribution in [1.29, 1.82) is 0 Å². The molecule has 3 N–H and O–H groups in total. The third-order valence-corrected chi connectivity index (χ3v) is 3.05. The number of thioether (sulfide) groups is 1. The van der Waals surface area contributed by atoms with Gasteiger partial charge in [0.05, 0.1) is 5.37 Å². The Labute approximate surface area is 101 Å². The van der Waals surface area contributed by atoms with Gasteiger partial charge >= 0.3 is 6.09 Å². The van der Waals surface area contributed by atoms with Crippen molar-refractivity contribution in [1.82, 2.24) is 5.32 Å². The highest BCUT2D eigenvalue weighted by Gasteiger charge is 2.18. The average Bonchev–Trinajstić information content (AvgIpc) is 2.09. The molecule has 0 bridgehead atoms. The molecule has 0 aromatic rings. The minimum atomic E-state index is -0.468. The molecule has 0 rings (SSSR count). The molecule has 1 unspecified atom stereocenters. The molecule has 0 aliphatic heterocycles. The molecule has 4 nitrogen and oxygen atoms in total. The SMILES string of the molecule is CC(C)(C)OC(=O)NC(CS)SCCN. The zero-order valence-electron chi connectivity index (χ0n) is 9.45. The number of carbonyl (C=O) groups is 1. The molecule has 0 aliphatic rings. The number of nitrogens with one attached hydrogen (secondary N) is 1. The molecule has 90 valence electrons. The Hall–Kier alpha value is -0.0700. The molecule has 0 aromatic carbocycles. The first-order valence-corrected chi connectivity index (χ1v) is 6.49. The summed E-state index contributed by atoms with van der Waals surface area (Å²) in [5.41, 5.74) is 4.91. The van der Waals surface area contributed by atoms with Crippen molar-refractivity contribution in [2.45, 2.75) is 31.7 Å². The van der Waals surface area contributed by atoms with Gasteiger partial charge in [-0.05, 0) is 20.8 Å². The van der Waals surface area contributed by atoms with E-state index >= 15 is 0 Å². The first kappa shape index (κ1) is 14.9. The van der Waals surface area contributed by atoms with Crippen molar-refractivity contribution in [3.05, 3.63) is 0 Å². The van der Waals surface area contributed by atoms with Gasteiger partial charge in [0.25, 0.3) is 0 Å². The maximum Gasteiger partial charge on any atom is 0.408 e. The van der Waals surface area contributed by atoms with Crippen LogP contribution in [0.15, 0.2) is 0 Å². The summed E-state index contributed by atoms with van der Waals surface area (Å²) in [6, 6.07) is 0. The second kappa shape index (κ2) is 7.24. The molecular weight excluding hydrogens is 232 g/mol. The van der Waals surface area contributed by atoms with Crippen LogP contribution < -0.4 is 11.1 Å². The quantitative estimate of drug-likeness (QED) is 0.512. The number of rotatable bonds is 5. The highest BCUT2D eigenvalue weighted by molar-refractivity contribution is 8.00. The van der Waals surface area contributed by atoms with E-state index in [-0.39, 0.29) is 5.37 Å². The number of hydrogen-bond donors (Lipinski definition) is 3. The van der Waals surface area contributed by atoms with Gasteiger partial charge in [-0.2, -0.15) is 12.6 Å². The second-order valence-corrected chi connectivity index (χ2v) is 5.65. The van der Waals surface area contributed by atoms with Crippen LogP contribution >= 0.6 is 24.4 Å². The molecule has 15 heavy (non-hydrogen) atoms. The van der Waals surface area contributed by atoms with Crippen molar-refractivity contribution < 1.29 is 9.53 Å². The lowest BCUT2D eigenvalue weighted by Gasteiger charge is -2.22. The lowest BCUT2D eigenvalue weighted by atomic mass is 10.2.